The van der Waals surface area contributed by atoms with E-state index in [9.17, 15) is 4.79 Å². The van der Waals surface area contributed by atoms with Gasteiger partial charge in [0.05, 0.1) is 0 Å². The molecule has 1 N–H and O–H groups in total. The highest BCUT2D eigenvalue weighted by molar-refractivity contribution is 5.66. The standard InChI is InChI=1S/C6H12O2/c1-2-3-4-5-6(7)8/h2-5H2,1H3,(H,7,8)/i1D3,3D,5D/t3-,5-/m1/s1. The molecule has 0 aliphatic heterocycles. The first-order chi connectivity index (χ1) is 5.72. The minimum absolute atomic E-state index is 0.242. The lowest BCUT2D eigenvalue weighted by molar-refractivity contribution is -0.137. The molecule has 8 heavy (non-hydrogen) atoms. The Morgan fingerprint density at radius 3 is 3.25 bits per heavy atom. The average Bonchev–Trinajstić information content (AvgIpc) is 1.81. The summed E-state index contributed by atoms with van der Waals surface area (Å²) in [5.74, 6) is -1.32. The third kappa shape index (κ3) is 5.47. The summed E-state index contributed by atoms with van der Waals surface area (Å²) in [5, 5.41) is 8.32. The summed E-state index contributed by atoms with van der Waals surface area (Å²) in [6.07, 6.45) is -3.01. The largest absolute Gasteiger partial charge is 0.481 e. The summed E-state index contributed by atoms with van der Waals surface area (Å²) in [4.78, 5) is 10.2. The highest BCUT2D eigenvalue weighted by atomic mass is 16.4. The fraction of sp³-hybridized carbons (Fsp3) is 0.833. The molecule has 0 saturated carbocycles. The number of hydrogen-bond acceptors (Lipinski definition) is 1. The third-order valence-electron chi connectivity index (χ3n) is 0.603. The number of carboxylic acid groups (broad SMARTS) is 1. The number of hydrogen-bond donors (Lipinski definition) is 1. The minimum Gasteiger partial charge on any atom is -0.481 e. The van der Waals surface area contributed by atoms with Gasteiger partial charge in [-0.1, -0.05) is 19.7 Å². The van der Waals surface area contributed by atoms with Crippen LogP contribution in [0.3, 0.4) is 0 Å². The van der Waals surface area contributed by atoms with Crippen molar-refractivity contribution in [1.82, 2.24) is 0 Å². The van der Waals surface area contributed by atoms with Gasteiger partial charge >= 0.3 is 5.97 Å². The second-order valence-electron chi connectivity index (χ2n) is 1.27. The van der Waals surface area contributed by atoms with Crippen LogP contribution >= 0.6 is 0 Å². The lowest BCUT2D eigenvalue weighted by Crippen LogP contribution is -1.92. The van der Waals surface area contributed by atoms with Gasteiger partial charge in [0.25, 0.3) is 0 Å². The third-order valence-corrected chi connectivity index (χ3v) is 0.603. The number of carboxylic acids is 1. The van der Waals surface area contributed by atoms with Gasteiger partial charge in [-0.05, 0) is 6.42 Å². The molecule has 0 amide bonds. The highest BCUT2D eigenvalue weighted by Crippen LogP contribution is 1.97. The first kappa shape index (κ1) is 2.38. The summed E-state index contributed by atoms with van der Waals surface area (Å²) >= 11 is 0. The molecule has 0 spiro atoms. The van der Waals surface area contributed by atoms with Crippen molar-refractivity contribution < 1.29 is 16.8 Å². The van der Waals surface area contributed by atoms with Crippen LogP contribution in [0.5, 0.6) is 0 Å². The van der Waals surface area contributed by atoms with E-state index in [4.69, 9.17) is 12.0 Å². The molecular weight excluding hydrogens is 104 g/mol. The molecule has 0 aliphatic carbocycles. The first-order valence-corrected chi connectivity index (χ1v) is 2.29. The summed E-state index contributed by atoms with van der Waals surface area (Å²) in [5.41, 5.74) is 0. The topological polar surface area (TPSA) is 37.3 Å². The van der Waals surface area contributed by atoms with Crippen LogP contribution in [0.25, 0.3) is 0 Å². The Bertz CT molecular complexity index is 178. The molecule has 2 atom stereocenters. The van der Waals surface area contributed by atoms with Crippen LogP contribution in [-0.2, 0) is 4.79 Å². The van der Waals surface area contributed by atoms with E-state index >= 15 is 0 Å². The summed E-state index contributed by atoms with van der Waals surface area (Å²) < 4.78 is 34.6. The second-order valence-corrected chi connectivity index (χ2v) is 1.27. The van der Waals surface area contributed by atoms with Crippen LogP contribution in [0.1, 0.15) is 39.3 Å². The second kappa shape index (κ2) is 4.62. The van der Waals surface area contributed by atoms with E-state index in [1.54, 1.807) is 0 Å². The monoisotopic (exact) mass is 121 g/mol. The molecule has 48 valence electrons. The Morgan fingerprint density at radius 2 is 2.75 bits per heavy atom. The van der Waals surface area contributed by atoms with E-state index in [-0.39, 0.29) is 12.8 Å². The van der Waals surface area contributed by atoms with E-state index in [1.807, 2.05) is 0 Å². The van der Waals surface area contributed by atoms with Gasteiger partial charge in [0, 0.05) is 13.3 Å². The fourth-order valence-corrected chi connectivity index (χ4v) is 0.267. The van der Waals surface area contributed by atoms with E-state index in [0.29, 0.717) is 0 Å². The fourth-order valence-electron chi connectivity index (χ4n) is 0.267. The van der Waals surface area contributed by atoms with Crippen LogP contribution < -0.4 is 0 Å². The maximum atomic E-state index is 10.2. The molecule has 0 bridgehead atoms. The highest BCUT2D eigenvalue weighted by Gasteiger charge is 1.92. The smallest absolute Gasteiger partial charge is 0.303 e. The molecule has 0 aliphatic rings. The van der Waals surface area contributed by atoms with E-state index in [1.165, 1.54) is 0 Å². The molecule has 0 aromatic heterocycles. The number of aliphatic carboxylic acids is 1. The van der Waals surface area contributed by atoms with Gasteiger partial charge in [0.1, 0.15) is 0 Å². The van der Waals surface area contributed by atoms with Gasteiger partial charge in [-0.3, -0.25) is 4.79 Å². The van der Waals surface area contributed by atoms with Gasteiger partial charge in [-0.2, -0.15) is 0 Å². The van der Waals surface area contributed by atoms with Crippen LogP contribution in [0, 0.1) is 0 Å². The molecule has 0 unspecified atom stereocenters. The first-order valence-electron chi connectivity index (χ1n) is 4.95. The maximum absolute atomic E-state index is 10.2. The lowest BCUT2D eigenvalue weighted by atomic mass is 10.2. The van der Waals surface area contributed by atoms with Crippen molar-refractivity contribution in [2.45, 2.75) is 32.5 Å². The van der Waals surface area contributed by atoms with Crippen molar-refractivity contribution in [2.75, 3.05) is 0 Å². The van der Waals surface area contributed by atoms with Gasteiger partial charge in [0.15, 0.2) is 0 Å². The Morgan fingerprint density at radius 1 is 2.00 bits per heavy atom. The number of rotatable bonds is 4. The molecule has 0 rings (SSSR count). The molecule has 0 aromatic rings. The molecule has 0 fully saturated rings. The van der Waals surface area contributed by atoms with Gasteiger partial charge < -0.3 is 5.11 Å². The van der Waals surface area contributed by atoms with Gasteiger partial charge in [0.2, 0.25) is 0 Å². The van der Waals surface area contributed by atoms with Crippen molar-refractivity contribution in [3.63, 3.8) is 0 Å². The maximum Gasteiger partial charge on any atom is 0.303 e. The van der Waals surface area contributed by atoms with Crippen LogP contribution in [-0.4, -0.2) is 11.1 Å². The molecule has 0 radical (unpaired) electrons. The van der Waals surface area contributed by atoms with Crippen LogP contribution in [0.2, 0.25) is 0 Å². The Labute approximate surface area is 56.5 Å². The molecule has 0 heterocycles. The van der Waals surface area contributed by atoms with E-state index < -0.39 is 25.6 Å². The summed E-state index contributed by atoms with van der Waals surface area (Å²) in [6, 6.07) is 0. The van der Waals surface area contributed by atoms with E-state index in [2.05, 4.69) is 0 Å². The van der Waals surface area contributed by atoms with Crippen molar-refractivity contribution >= 4 is 5.97 Å². The lowest BCUT2D eigenvalue weighted by Gasteiger charge is -1.89. The predicted octanol–water partition coefficient (Wildman–Crippen LogP) is 1.65. The molecular formula is C6H12O2. The van der Waals surface area contributed by atoms with Gasteiger partial charge in [-0.25, -0.2) is 0 Å². The van der Waals surface area contributed by atoms with Crippen LogP contribution in [0.4, 0.5) is 0 Å². The minimum atomic E-state index is -2.22. The quantitative estimate of drug-likeness (QED) is 0.614. The SMILES string of the molecule is [2H][C@@H](C[C@@H]([2H])C(=O)O)CC([2H])([2H])[2H]. The summed E-state index contributed by atoms with van der Waals surface area (Å²) in [6.45, 7) is -2.22. The zero-order valence-electron chi connectivity index (χ0n) is 9.42. The van der Waals surface area contributed by atoms with Crippen molar-refractivity contribution in [1.29, 1.82) is 0 Å². The molecule has 2 nitrogen and oxygen atoms in total. The summed E-state index contributed by atoms with van der Waals surface area (Å²) in [7, 11) is 0. The van der Waals surface area contributed by atoms with Crippen molar-refractivity contribution in [3.8, 4) is 0 Å². The van der Waals surface area contributed by atoms with E-state index in [0.717, 1.165) is 0 Å². The average molecular weight is 121 g/mol. The predicted molar refractivity (Wildman–Crippen MR) is 31.8 cm³/mol. The molecule has 0 aromatic carbocycles. The normalized spacial score (nSPS) is 27.8. The Kier molecular flexibility index (Phi) is 1.37. The van der Waals surface area contributed by atoms with Crippen LogP contribution in [0.15, 0.2) is 0 Å². The zero-order chi connectivity index (χ0) is 10.6. The molecule has 2 heteroatoms. The van der Waals surface area contributed by atoms with Crippen molar-refractivity contribution in [3.05, 3.63) is 0 Å². The Balaban J connectivity index is 3.88. The zero-order valence-corrected chi connectivity index (χ0v) is 4.42. The Hall–Kier alpha value is -0.530. The number of carbonyl (C=O) groups is 1. The van der Waals surface area contributed by atoms with Gasteiger partial charge in [-0.15, -0.1) is 0 Å². The van der Waals surface area contributed by atoms with Crippen molar-refractivity contribution in [2.24, 2.45) is 0 Å². The molecule has 0 saturated heterocycles.